The van der Waals surface area contributed by atoms with E-state index in [0.29, 0.717) is 49.2 Å². The number of rotatable bonds is 8. The molecule has 6 rings (SSSR count). The van der Waals surface area contributed by atoms with Crippen molar-refractivity contribution in [1.29, 1.82) is 0 Å². The fraction of sp³-hybridized carbons (Fsp3) is 0.667. The molecule has 0 spiro atoms. The molecule has 1 saturated carbocycles. The number of morpholine rings is 1. The molecule has 3 aromatic rings. The van der Waals surface area contributed by atoms with E-state index in [1.54, 1.807) is 12.3 Å². The molecule has 2 N–H and O–H groups in total. The number of nitrogens with one attached hydrogen (secondary N) is 2. The molecule has 5 heterocycles. The highest BCUT2D eigenvalue weighted by Crippen LogP contribution is 2.42. The Balaban J connectivity index is 1.37. The first kappa shape index (κ1) is 33.0. The summed E-state index contributed by atoms with van der Waals surface area (Å²) >= 11 is 0. The van der Waals surface area contributed by atoms with Crippen molar-refractivity contribution in [2.45, 2.75) is 83.1 Å². The predicted octanol–water partition coefficient (Wildman–Crippen LogP) is 3.72. The van der Waals surface area contributed by atoms with E-state index in [4.69, 9.17) is 19.8 Å². The van der Waals surface area contributed by atoms with Crippen molar-refractivity contribution >= 4 is 23.4 Å². The summed E-state index contributed by atoms with van der Waals surface area (Å²) < 4.78 is 77.7. The summed E-state index contributed by atoms with van der Waals surface area (Å²) in [7, 11) is 0. The third-order valence-corrected chi connectivity index (χ3v) is 9.47. The number of nitrogens with zero attached hydrogens (tertiary/aromatic N) is 7. The number of aryl methyl sites for hydroxylation is 1. The summed E-state index contributed by atoms with van der Waals surface area (Å²) in [5.41, 5.74) is 0.997. The fourth-order valence-corrected chi connectivity index (χ4v) is 6.80. The number of hydrogen-bond acceptors (Lipinski definition) is 8. The topological polar surface area (TPSA) is 132 Å². The molecule has 0 bridgehead atoms. The molecule has 2 amide bonds. The maximum atomic E-state index is 14.2. The van der Waals surface area contributed by atoms with Gasteiger partial charge in [-0.3, -0.25) is 14.3 Å². The van der Waals surface area contributed by atoms with Crippen LogP contribution in [-0.4, -0.2) is 85.6 Å². The van der Waals surface area contributed by atoms with Crippen LogP contribution in [0.4, 0.5) is 27.8 Å². The Hall–Kier alpha value is -3.89. The Morgan fingerprint density at radius 2 is 2.00 bits per heavy atom. The number of carbonyl (C=O) groups excluding carboxylic acids is 2. The van der Waals surface area contributed by atoms with Crippen LogP contribution in [-0.2, 0) is 22.5 Å². The lowest BCUT2D eigenvalue weighted by Gasteiger charge is -2.35. The Morgan fingerprint density at radius 3 is 2.70 bits per heavy atom. The highest BCUT2D eigenvalue weighted by atomic mass is 19.4. The van der Waals surface area contributed by atoms with Crippen molar-refractivity contribution in [3.05, 3.63) is 35.5 Å². The number of fused-ring (bicyclic) bond motifs is 1. The first-order valence-electron chi connectivity index (χ1n) is 16.0. The summed E-state index contributed by atoms with van der Waals surface area (Å²) in [6, 6.07) is 0.675. The number of hydrogen-bond donors (Lipinski definition) is 2. The Labute approximate surface area is 267 Å². The molecule has 1 aliphatic carbocycles. The van der Waals surface area contributed by atoms with E-state index in [2.05, 4.69) is 15.7 Å². The first-order chi connectivity index (χ1) is 22.3. The van der Waals surface area contributed by atoms with E-state index in [0.717, 1.165) is 0 Å². The van der Waals surface area contributed by atoms with Gasteiger partial charge in [-0.05, 0) is 45.1 Å². The molecule has 3 aromatic heterocycles. The van der Waals surface area contributed by atoms with Gasteiger partial charge in [0.2, 0.25) is 11.8 Å². The zero-order valence-electron chi connectivity index (χ0n) is 26.1. The number of piperidine rings is 1. The van der Waals surface area contributed by atoms with Crippen LogP contribution in [0.25, 0.3) is 5.78 Å². The van der Waals surface area contributed by atoms with Gasteiger partial charge >= 0.3 is 6.18 Å². The average Bonchev–Trinajstić information content (AvgIpc) is 3.67. The lowest BCUT2D eigenvalue weighted by molar-refractivity contribution is -0.183. The third-order valence-electron chi connectivity index (χ3n) is 9.47. The summed E-state index contributed by atoms with van der Waals surface area (Å²) in [4.78, 5) is 37.6. The normalized spacial score (nSPS) is 24.7. The van der Waals surface area contributed by atoms with Crippen molar-refractivity contribution < 1.29 is 36.3 Å². The van der Waals surface area contributed by atoms with E-state index in [1.807, 2.05) is 18.7 Å². The minimum Gasteiger partial charge on any atom is -0.377 e. The van der Waals surface area contributed by atoms with E-state index in [-0.39, 0.29) is 56.3 Å². The first-order valence-corrected chi connectivity index (χ1v) is 16.0. The fourth-order valence-electron chi connectivity index (χ4n) is 6.80. The van der Waals surface area contributed by atoms with Crippen LogP contribution in [0.3, 0.4) is 0 Å². The molecule has 17 heteroatoms. The molecular weight excluding hydrogens is 629 g/mol. The number of alkyl halides is 5. The molecule has 47 heavy (non-hydrogen) atoms. The zero-order valence-corrected chi connectivity index (χ0v) is 26.1. The number of anilines is 1. The monoisotopic (exact) mass is 667 g/mol. The number of amides is 2. The van der Waals surface area contributed by atoms with Crippen LogP contribution in [0, 0.1) is 17.8 Å². The second-order valence-corrected chi connectivity index (χ2v) is 12.7. The summed E-state index contributed by atoms with van der Waals surface area (Å²) in [6.07, 6.45) is -2.21. The molecule has 0 radical (unpaired) electrons. The van der Waals surface area contributed by atoms with Gasteiger partial charge in [0.1, 0.15) is 11.4 Å². The van der Waals surface area contributed by atoms with Crippen LogP contribution in [0.15, 0.2) is 18.5 Å². The summed E-state index contributed by atoms with van der Waals surface area (Å²) in [5, 5.41) is 14.3. The van der Waals surface area contributed by atoms with Gasteiger partial charge in [-0.2, -0.15) is 28.4 Å². The van der Waals surface area contributed by atoms with Crippen LogP contribution in [0.5, 0.6) is 0 Å². The van der Waals surface area contributed by atoms with Crippen molar-refractivity contribution in [1.82, 2.24) is 40.0 Å². The highest BCUT2D eigenvalue weighted by molar-refractivity contribution is 5.92. The molecule has 256 valence electrons. The van der Waals surface area contributed by atoms with Crippen molar-refractivity contribution in [3.63, 3.8) is 0 Å². The van der Waals surface area contributed by atoms with Gasteiger partial charge < -0.3 is 20.3 Å². The molecule has 0 unspecified atom stereocenters. The lowest BCUT2D eigenvalue weighted by Crippen LogP contribution is -2.48. The lowest BCUT2D eigenvalue weighted by atomic mass is 9.81. The van der Waals surface area contributed by atoms with Gasteiger partial charge in [0.15, 0.2) is 5.82 Å². The number of halogens is 5. The molecule has 0 aromatic carbocycles. The Bertz CT molecular complexity index is 1600. The van der Waals surface area contributed by atoms with Crippen LogP contribution in [0.2, 0.25) is 0 Å². The van der Waals surface area contributed by atoms with Gasteiger partial charge in [-0.15, -0.1) is 0 Å². The number of ether oxygens (including phenoxy) is 1. The zero-order chi connectivity index (χ0) is 33.5. The molecule has 3 fully saturated rings. The Kier molecular flexibility index (Phi) is 9.11. The van der Waals surface area contributed by atoms with Crippen LogP contribution < -0.4 is 15.5 Å². The van der Waals surface area contributed by atoms with Crippen molar-refractivity contribution in [2.24, 2.45) is 17.8 Å². The van der Waals surface area contributed by atoms with E-state index in [9.17, 15) is 31.5 Å². The van der Waals surface area contributed by atoms with E-state index < -0.39 is 48.3 Å². The number of carbonyl (C=O) groups is 2. The third kappa shape index (κ3) is 7.04. The molecule has 2 aliphatic heterocycles. The van der Waals surface area contributed by atoms with Gasteiger partial charge in [0.25, 0.3) is 11.7 Å². The number of aromatic nitrogens is 6. The second-order valence-electron chi connectivity index (χ2n) is 12.7. The molecule has 4 atom stereocenters. The number of imidazole rings is 1. The van der Waals surface area contributed by atoms with E-state index in [1.165, 1.54) is 15.4 Å². The summed E-state index contributed by atoms with van der Waals surface area (Å²) in [6.45, 7) is 4.97. The second kappa shape index (κ2) is 13.0. The minimum atomic E-state index is -4.46. The standard InChI is InChI=1S/C30H38F5N9O3/c1-3-43-23(6-9-37-43)27(46)39-24(18-4-7-29(31,32)8-5-18)22-15-44-28(38-22)40-25(42-10-11-47-16-17(42)2)21(41-44)13-19-12-20(30(33,34)35)14-36-26(19)45/h6,9,15,17-20,24H,3-5,7-8,10-14,16H2,1-2H3,(H,36,45)(H,39,46)/t17-,19-,20-,24+/m1/s1. The predicted molar refractivity (Wildman–Crippen MR) is 158 cm³/mol. The quantitative estimate of drug-likeness (QED) is 0.348. The van der Waals surface area contributed by atoms with Gasteiger partial charge in [-0.1, -0.05) is 0 Å². The van der Waals surface area contributed by atoms with Gasteiger partial charge in [-0.25, -0.2) is 18.3 Å². The maximum Gasteiger partial charge on any atom is 0.393 e. The Morgan fingerprint density at radius 1 is 1.23 bits per heavy atom. The van der Waals surface area contributed by atoms with Crippen LogP contribution >= 0.6 is 0 Å². The van der Waals surface area contributed by atoms with Gasteiger partial charge in [0.05, 0.1) is 43.1 Å². The van der Waals surface area contributed by atoms with E-state index >= 15 is 0 Å². The van der Waals surface area contributed by atoms with Crippen LogP contribution in [0.1, 0.15) is 73.9 Å². The molecule has 3 aliphatic rings. The molecule has 12 nitrogen and oxygen atoms in total. The summed E-state index contributed by atoms with van der Waals surface area (Å²) in [5.74, 6) is -6.18. The highest BCUT2D eigenvalue weighted by Gasteiger charge is 2.45. The SMILES string of the molecule is CCn1nccc1C(=O)N[C@H](c1cn2nc(C[C@H]3C[C@@H](C(F)(F)F)CNC3=O)c(N3CCOC[C@H]3C)nc2n1)C1CCC(F)(F)CC1. The van der Waals surface area contributed by atoms with Crippen molar-refractivity contribution in [2.75, 3.05) is 31.2 Å². The largest absolute Gasteiger partial charge is 0.393 e. The van der Waals surface area contributed by atoms with Crippen molar-refractivity contribution in [3.8, 4) is 0 Å². The minimum absolute atomic E-state index is 0.0901. The van der Waals surface area contributed by atoms with Gasteiger partial charge in [0, 0.05) is 51.0 Å². The smallest absolute Gasteiger partial charge is 0.377 e. The molecular formula is C30H38F5N9O3. The average molecular weight is 668 g/mol. The molecule has 2 saturated heterocycles. The maximum absolute atomic E-state index is 14.2.